The Morgan fingerprint density at radius 2 is 1.67 bits per heavy atom. The first kappa shape index (κ1) is 32.4. The number of methoxy groups -OCH3 is 1. The van der Waals surface area contributed by atoms with Crippen LogP contribution >= 0.6 is 0 Å². The molecule has 0 aromatic rings. The zero-order valence-electron chi connectivity index (χ0n) is 23.7. The van der Waals surface area contributed by atoms with Gasteiger partial charge in [0.2, 0.25) is 11.8 Å². The van der Waals surface area contributed by atoms with Crippen molar-refractivity contribution in [3.63, 3.8) is 0 Å². The van der Waals surface area contributed by atoms with Crippen LogP contribution in [0.15, 0.2) is 0 Å². The Morgan fingerprint density at radius 3 is 2.31 bits per heavy atom. The number of nitrogens with one attached hydrogen (secondary N) is 2. The van der Waals surface area contributed by atoms with Crippen LogP contribution in [0.1, 0.15) is 98.3 Å². The molecule has 0 saturated carbocycles. The van der Waals surface area contributed by atoms with Gasteiger partial charge in [0.15, 0.2) is 0 Å². The van der Waals surface area contributed by atoms with E-state index in [2.05, 4.69) is 38.3 Å². The van der Waals surface area contributed by atoms with Crippen LogP contribution in [-0.2, 0) is 19.1 Å². The van der Waals surface area contributed by atoms with Gasteiger partial charge >= 0.3 is 5.97 Å². The van der Waals surface area contributed by atoms with E-state index < -0.39 is 6.04 Å². The molecule has 0 spiro atoms. The lowest BCUT2D eigenvalue weighted by Gasteiger charge is -2.28. The number of hydrogen-bond acceptors (Lipinski definition) is 6. The Kier molecular flexibility index (Phi) is 16.7. The van der Waals surface area contributed by atoms with Gasteiger partial charge in [-0.1, -0.05) is 66.2 Å². The summed E-state index contributed by atoms with van der Waals surface area (Å²) in [5, 5.41) is 6.10. The summed E-state index contributed by atoms with van der Waals surface area (Å²) in [5.74, 6) is 1.62. The SMILES string of the molecule is COC(=O)CCC(NCC1CCCN1C(=O)CC(C)CCCC(C)CCCC(C)C)C(=O)NCCN. The van der Waals surface area contributed by atoms with Crippen molar-refractivity contribution in [2.75, 3.05) is 33.3 Å². The first-order chi connectivity index (χ1) is 17.2. The van der Waals surface area contributed by atoms with Crippen LogP contribution in [0, 0.1) is 17.8 Å². The van der Waals surface area contributed by atoms with Gasteiger partial charge in [-0.05, 0) is 37.0 Å². The van der Waals surface area contributed by atoms with E-state index in [-0.39, 0.29) is 30.2 Å². The lowest BCUT2D eigenvalue weighted by molar-refractivity contribution is -0.141. The van der Waals surface area contributed by atoms with E-state index in [0.29, 0.717) is 38.4 Å². The maximum Gasteiger partial charge on any atom is 0.305 e. The number of likely N-dealkylation sites (tertiary alicyclic amines) is 1. The Morgan fingerprint density at radius 1 is 1.00 bits per heavy atom. The summed E-state index contributed by atoms with van der Waals surface area (Å²) in [6.07, 6.45) is 10.4. The molecule has 4 atom stereocenters. The summed E-state index contributed by atoms with van der Waals surface area (Å²) >= 11 is 0. The van der Waals surface area contributed by atoms with E-state index in [0.717, 1.165) is 37.6 Å². The van der Waals surface area contributed by atoms with E-state index in [4.69, 9.17) is 10.5 Å². The molecule has 8 nitrogen and oxygen atoms in total. The summed E-state index contributed by atoms with van der Waals surface area (Å²) in [6.45, 7) is 11.2. The van der Waals surface area contributed by atoms with Crippen molar-refractivity contribution in [1.82, 2.24) is 15.5 Å². The molecule has 4 N–H and O–H groups in total. The van der Waals surface area contributed by atoms with Gasteiger partial charge in [-0.25, -0.2) is 0 Å². The normalized spacial score (nSPS) is 18.2. The van der Waals surface area contributed by atoms with Crippen molar-refractivity contribution in [3.8, 4) is 0 Å². The third-order valence-electron chi connectivity index (χ3n) is 7.32. The monoisotopic (exact) mass is 510 g/mol. The lowest BCUT2D eigenvalue weighted by Crippen LogP contribution is -2.50. The van der Waals surface area contributed by atoms with Crippen LogP contribution in [0.25, 0.3) is 0 Å². The zero-order valence-corrected chi connectivity index (χ0v) is 23.7. The minimum atomic E-state index is -0.519. The molecule has 0 aromatic carbocycles. The van der Waals surface area contributed by atoms with Crippen molar-refractivity contribution in [2.45, 2.75) is 110 Å². The second kappa shape index (κ2) is 18.6. The number of carbonyl (C=O) groups excluding carboxylic acids is 3. The van der Waals surface area contributed by atoms with Crippen molar-refractivity contribution < 1.29 is 19.1 Å². The fourth-order valence-corrected chi connectivity index (χ4v) is 5.01. The molecule has 2 amide bonds. The standard InChI is InChI=1S/C28H54N4O4/c1-21(2)9-6-10-22(3)11-7-12-23(4)19-26(33)32-18-8-13-24(32)20-31-25(14-15-27(34)36-5)28(35)30-17-16-29/h21-25,31H,6-20,29H2,1-5H3,(H,30,35). The number of carbonyl (C=O) groups is 3. The van der Waals surface area contributed by atoms with Gasteiger partial charge in [0.1, 0.15) is 0 Å². The van der Waals surface area contributed by atoms with Crippen LogP contribution in [0.2, 0.25) is 0 Å². The third-order valence-corrected chi connectivity index (χ3v) is 7.32. The molecule has 0 aliphatic carbocycles. The topological polar surface area (TPSA) is 114 Å². The fourth-order valence-electron chi connectivity index (χ4n) is 5.01. The Hall–Kier alpha value is -1.67. The van der Waals surface area contributed by atoms with Crippen LogP contribution in [0.5, 0.6) is 0 Å². The number of ether oxygens (including phenoxy) is 1. The van der Waals surface area contributed by atoms with Crippen LogP contribution in [0.4, 0.5) is 0 Å². The number of nitrogens with two attached hydrogens (primary N) is 1. The van der Waals surface area contributed by atoms with E-state index in [1.807, 2.05) is 4.90 Å². The molecule has 210 valence electrons. The molecule has 1 saturated heterocycles. The average molecular weight is 511 g/mol. The number of hydrogen-bond donors (Lipinski definition) is 3. The summed E-state index contributed by atoms with van der Waals surface area (Å²) in [6, 6.07) is -0.441. The molecule has 1 heterocycles. The largest absolute Gasteiger partial charge is 0.469 e. The van der Waals surface area contributed by atoms with Crippen LogP contribution in [0.3, 0.4) is 0 Å². The lowest BCUT2D eigenvalue weighted by atomic mass is 9.92. The Labute approximate surface area is 219 Å². The number of amides is 2. The molecular weight excluding hydrogens is 456 g/mol. The fraction of sp³-hybridized carbons (Fsp3) is 0.893. The average Bonchev–Trinajstić information content (AvgIpc) is 3.30. The summed E-state index contributed by atoms with van der Waals surface area (Å²) in [5.41, 5.74) is 5.51. The second-order valence-corrected chi connectivity index (χ2v) is 11.2. The van der Waals surface area contributed by atoms with Crippen molar-refractivity contribution >= 4 is 17.8 Å². The highest BCUT2D eigenvalue weighted by Crippen LogP contribution is 2.23. The number of nitrogens with zero attached hydrogens (tertiary/aromatic N) is 1. The Bertz CT molecular complexity index is 643. The molecule has 8 heteroatoms. The quantitative estimate of drug-likeness (QED) is 0.229. The highest BCUT2D eigenvalue weighted by molar-refractivity contribution is 5.82. The maximum atomic E-state index is 13.1. The number of esters is 1. The smallest absolute Gasteiger partial charge is 0.305 e. The van der Waals surface area contributed by atoms with E-state index in [1.165, 1.54) is 39.2 Å². The minimum absolute atomic E-state index is 0.0774. The second-order valence-electron chi connectivity index (χ2n) is 11.2. The van der Waals surface area contributed by atoms with Gasteiger partial charge in [-0.2, -0.15) is 0 Å². The molecule has 1 aliphatic heterocycles. The summed E-state index contributed by atoms with van der Waals surface area (Å²) in [4.78, 5) is 39.2. The van der Waals surface area contributed by atoms with Crippen LogP contribution < -0.4 is 16.4 Å². The summed E-state index contributed by atoms with van der Waals surface area (Å²) in [7, 11) is 1.34. The number of rotatable bonds is 19. The predicted octanol–water partition coefficient (Wildman–Crippen LogP) is 3.62. The molecule has 1 aliphatic rings. The van der Waals surface area contributed by atoms with Crippen molar-refractivity contribution in [2.24, 2.45) is 23.5 Å². The molecule has 0 radical (unpaired) electrons. The minimum Gasteiger partial charge on any atom is -0.469 e. The first-order valence-corrected chi connectivity index (χ1v) is 14.2. The van der Waals surface area contributed by atoms with Crippen molar-refractivity contribution in [1.29, 1.82) is 0 Å². The molecule has 36 heavy (non-hydrogen) atoms. The van der Waals surface area contributed by atoms with Crippen LogP contribution in [-0.4, -0.2) is 68.1 Å². The molecule has 1 fully saturated rings. The first-order valence-electron chi connectivity index (χ1n) is 14.2. The van der Waals surface area contributed by atoms with Gasteiger partial charge in [-0.15, -0.1) is 0 Å². The highest BCUT2D eigenvalue weighted by atomic mass is 16.5. The highest BCUT2D eigenvalue weighted by Gasteiger charge is 2.30. The zero-order chi connectivity index (χ0) is 26.9. The predicted molar refractivity (Wildman–Crippen MR) is 145 cm³/mol. The molecule has 4 unspecified atom stereocenters. The van der Waals surface area contributed by atoms with Gasteiger partial charge in [-0.3, -0.25) is 14.4 Å². The van der Waals surface area contributed by atoms with E-state index in [9.17, 15) is 14.4 Å². The van der Waals surface area contributed by atoms with E-state index >= 15 is 0 Å². The van der Waals surface area contributed by atoms with Gasteiger partial charge in [0, 0.05) is 45.1 Å². The maximum absolute atomic E-state index is 13.1. The molecule has 0 bridgehead atoms. The third kappa shape index (κ3) is 13.6. The van der Waals surface area contributed by atoms with Crippen molar-refractivity contribution in [3.05, 3.63) is 0 Å². The molecular formula is C28H54N4O4. The van der Waals surface area contributed by atoms with Gasteiger partial charge in [0.25, 0.3) is 0 Å². The summed E-state index contributed by atoms with van der Waals surface area (Å²) < 4.78 is 4.72. The molecule has 1 rings (SSSR count). The van der Waals surface area contributed by atoms with Gasteiger partial charge in [0.05, 0.1) is 13.2 Å². The van der Waals surface area contributed by atoms with E-state index in [1.54, 1.807) is 0 Å². The van der Waals surface area contributed by atoms with Gasteiger partial charge < -0.3 is 26.0 Å². The Balaban J connectivity index is 2.47. The molecule has 0 aromatic heterocycles.